The number of piperidine rings is 1. The highest BCUT2D eigenvalue weighted by Gasteiger charge is 2.30. The number of carbonyl (C=O) groups is 2. The molecule has 1 fully saturated rings. The molecule has 4 rings (SSSR count). The van der Waals surface area contributed by atoms with Crippen molar-refractivity contribution >= 4 is 23.2 Å². The smallest absolute Gasteiger partial charge is 0.343 e. The number of nitrogens with zero attached hydrogens (tertiary/aromatic N) is 3. The molecular weight excluding hydrogens is 427 g/mol. The maximum absolute atomic E-state index is 12.8. The monoisotopic (exact) mass is 451 g/mol. The van der Waals surface area contributed by atoms with Gasteiger partial charge < -0.3 is 9.80 Å². The van der Waals surface area contributed by atoms with Crippen LogP contribution in [0.25, 0.3) is 10.6 Å². The van der Waals surface area contributed by atoms with E-state index >= 15 is 0 Å². The van der Waals surface area contributed by atoms with Crippen molar-refractivity contribution in [2.24, 2.45) is 0 Å². The molecule has 0 spiro atoms. The third-order valence-corrected chi connectivity index (χ3v) is 6.99. The van der Waals surface area contributed by atoms with Gasteiger partial charge >= 0.3 is 6.18 Å². The van der Waals surface area contributed by atoms with Crippen LogP contribution in [0.5, 0.6) is 0 Å². The number of halogens is 3. The molecule has 1 aromatic heterocycles. The highest BCUT2D eigenvalue weighted by molar-refractivity contribution is 7.15. The summed E-state index contributed by atoms with van der Waals surface area (Å²) in [7, 11) is 0. The Morgan fingerprint density at radius 3 is 2.58 bits per heavy atom. The van der Waals surface area contributed by atoms with Crippen LogP contribution in [0.4, 0.5) is 13.2 Å². The van der Waals surface area contributed by atoms with E-state index in [1.807, 2.05) is 4.90 Å². The Kier molecular flexibility index (Phi) is 6.31. The Labute approximate surface area is 182 Å². The molecule has 31 heavy (non-hydrogen) atoms. The zero-order valence-electron chi connectivity index (χ0n) is 17.1. The lowest BCUT2D eigenvalue weighted by molar-refractivity contribution is -0.137. The number of thiazole rings is 1. The van der Waals surface area contributed by atoms with Gasteiger partial charge in [-0.3, -0.25) is 9.59 Å². The standard InChI is InChI=1S/C22H24F3N3O2S/c23-22(24,25)16-8-6-15(7-9-16)21-26-17-14-28(13-10-18(17)31-21)20(30)5-3-12-27-11-2-1-4-19(27)29/h6-9H,1-5,10-14H2. The number of amides is 2. The second-order valence-corrected chi connectivity index (χ2v) is 9.05. The molecule has 0 unspecified atom stereocenters. The Hall–Kier alpha value is -2.42. The van der Waals surface area contributed by atoms with Crippen LogP contribution >= 0.6 is 11.3 Å². The van der Waals surface area contributed by atoms with Crippen LogP contribution in [-0.2, 0) is 28.7 Å². The SMILES string of the molecule is O=C1CCCCN1CCCC(=O)N1CCc2sc(-c3ccc(C(F)(F)F)cc3)nc2C1. The predicted octanol–water partition coefficient (Wildman–Crippen LogP) is 4.51. The molecule has 0 N–H and O–H groups in total. The van der Waals surface area contributed by atoms with Crippen molar-refractivity contribution in [3.63, 3.8) is 0 Å². The number of fused-ring (bicyclic) bond motifs is 1. The van der Waals surface area contributed by atoms with Crippen molar-refractivity contribution in [2.45, 2.75) is 51.2 Å². The topological polar surface area (TPSA) is 53.5 Å². The van der Waals surface area contributed by atoms with Crippen LogP contribution in [-0.4, -0.2) is 46.2 Å². The van der Waals surface area contributed by atoms with E-state index in [1.54, 1.807) is 4.90 Å². The van der Waals surface area contributed by atoms with E-state index in [1.165, 1.54) is 23.5 Å². The molecule has 0 bridgehead atoms. The number of hydrogen-bond donors (Lipinski definition) is 0. The molecule has 0 radical (unpaired) electrons. The van der Waals surface area contributed by atoms with Gasteiger partial charge in [0.15, 0.2) is 0 Å². The summed E-state index contributed by atoms with van der Waals surface area (Å²) < 4.78 is 38.3. The summed E-state index contributed by atoms with van der Waals surface area (Å²) in [6.45, 7) is 2.45. The minimum atomic E-state index is -4.36. The number of hydrogen-bond acceptors (Lipinski definition) is 4. The van der Waals surface area contributed by atoms with Gasteiger partial charge in [-0.15, -0.1) is 11.3 Å². The van der Waals surface area contributed by atoms with Crippen LogP contribution in [0.2, 0.25) is 0 Å². The van der Waals surface area contributed by atoms with Crippen molar-refractivity contribution in [1.82, 2.24) is 14.8 Å². The van der Waals surface area contributed by atoms with Gasteiger partial charge in [0.05, 0.1) is 17.8 Å². The molecule has 0 aliphatic carbocycles. The second kappa shape index (κ2) is 8.98. The number of aromatic nitrogens is 1. The zero-order valence-corrected chi connectivity index (χ0v) is 17.9. The first-order valence-electron chi connectivity index (χ1n) is 10.5. The summed E-state index contributed by atoms with van der Waals surface area (Å²) in [6, 6.07) is 5.02. The molecule has 2 aliphatic rings. The van der Waals surface area contributed by atoms with Crippen molar-refractivity contribution in [3.05, 3.63) is 40.4 Å². The number of carbonyl (C=O) groups excluding carboxylic acids is 2. The van der Waals surface area contributed by atoms with E-state index in [2.05, 4.69) is 4.98 Å². The summed E-state index contributed by atoms with van der Waals surface area (Å²) in [6.07, 6.45) is -0.0241. The number of alkyl halides is 3. The molecule has 5 nitrogen and oxygen atoms in total. The molecule has 9 heteroatoms. The van der Waals surface area contributed by atoms with Crippen LogP contribution in [0.1, 0.15) is 48.2 Å². The highest BCUT2D eigenvalue weighted by atomic mass is 32.1. The fraction of sp³-hybridized carbons (Fsp3) is 0.500. The summed E-state index contributed by atoms with van der Waals surface area (Å²) >= 11 is 1.48. The average molecular weight is 452 g/mol. The molecule has 0 atom stereocenters. The third-order valence-electron chi connectivity index (χ3n) is 5.78. The third kappa shape index (κ3) is 5.08. The zero-order chi connectivity index (χ0) is 22.0. The summed E-state index contributed by atoms with van der Waals surface area (Å²) in [4.78, 5) is 33.8. The molecule has 3 heterocycles. The van der Waals surface area contributed by atoms with Crippen LogP contribution in [0, 0.1) is 0 Å². The molecule has 2 aliphatic heterocycles. The van der Waals surface area contributed by atoms with E-state index in [0.717, 1.165) is 42.1 Å². The highest BCUT2D eigenvalue weighted by Crippen LogP contribution is 2.34. The van der Waals surface area contributed by atoms with E-state index in [0.29, 0.717) is 55.9 Å². The number of likely N-dealkylation sites (tertiary alicyclic amines) is 1. The predicted molar refractivity (Wildman–Crippen MR) is 111 cm³/mol. The van der Waals surface area contributed by atoms with Gasteiger partial charge in [-0.05, 0) is 31.4 Å². The Balaban J connectivity index is 1.34. The van der Waals surface area contributed by atoms with Crippen molar-refractivity contribution in [1.29, 1.82) is 0 Å². The van der Waals surface area contributed by atoms with E-state index in [9.17, 15) is 22.8 Å². The molecular formula is C22H24F3N3O2S. The van der Waals surface area contributed by atoms with Gasteiger partial charge in [0, 0.05) is 49.3 Å². The van der Waals surface area contributed by atoms with E-state index < -0.39 is 11.7 Å². The van der Waals surface area contributed by atoms with Crippen molar-refractivity contribution in [2.75, 3.05) is 19.6 Å². The quantitative estimate of drug-likeness (QED) is 0.672. The molecule has 1 aromatic carbocycles. The maximum atomic E-state index is 12.8. The van der Waals surface area contributed by atoms with Crippen LogP contribution < -0.4 is 0 Å². The number of rotatable bonds is 5. The molecule has 2 aromatic rings. The van der Waals surface area contributed by atoms with Crippen LogP contribution in [0.3, 0.4) is 0 Å². The normalized spacial score (nSPS) is 17.1. The van der Waals surface area contributed by atoms with Crippen molar-refractivity contribution in [3.8, 4) is 10.6 Å². The summed E-state index contributed by atoms with van der Waals surface area (Å²) in [5.74, 6) is 0.235. The molecule has 2 amide bonds. The Bertz CT molecular complexity index is 956. The van der Waals surface area contributed by atoms with Gasteiger partial charge in [0.25, 0.3) is 0 Å². The van der Waals surface area contributed by atoms with E-state index in [-0.39, 0.29) is 11.8 Å². The fourth-order valence-electron chi connectivity index (χ4n) is 4.01. The maximum Gasteiger partial charge on any atom is 0.416 e. The lowest BCUT2D eigenvalue weighted by Gasteiger charge is -2.28. The molecule has 166 valence electrons. The Morgan fingerprint density at radius 2 is 1.87 bits per heavy atom. The largest absolute Gasteiger partial charge is 0.416 e. The number of benzene rings is 1. The minimum absolute atomic E-state index is 0.0548. The second-order valence-electron chi connectivity index (χ2n) is 7.97. The van der Waals surface area contributed by atoms with E-state index in [4.69, 9.17) is 0 Å². The summed E-state index contributed by atoms with van der Waals surface area (Å²) in [5, 5.41) is 0.677. The van der Waals surface area contributed by atoms with Gasteiger partial charge in [0.1, 0.15) is 5.01 Å². The van der Waals surface area contributed by atoms with Gasteiger partial charge in [-0.2, -0.15) is 13.2 Å². The molecule has 1 saturated heterocycles. The molecule has 0 saturated carbocycles. The van der Waals surface area contributed by atoms with Gasteiger partial charge in [0.2, 0.25) is 11.8 Å². The van der Waals surface area contributed by atoms with Gasteiger partial charge in [-0.1, -0.05) is 12.1 Å². The Morgan fingerprint density at radius 1 is 1.10 bits per heavy atom. The average Bonchev–Trinajstić information content (AvgIpc) is 3.18. The first-order chi connectivity index (χ1) is 14.8. The fourth-order valence-corrected chi connectivity index (χ4v) is 5.08. The first-order valence-corrected chi connectivity index (χ1v) is 11.3. The van der Waals surface area contributed by atoms with Gasteiger partial charge in [-0.25, -0.2) is 4.98 Å². The summed E-state index contributed by atoms with van der Waals surface area (Å²) in [5.41, 5.74) is 0.794. The first kappa shape index (κ1) is 21.8. The lowest BCUT2D eigenvalue weighted by atomic mass is 10.1. The minimum Gasteiger partial charge on any atom is -0.343 e. The lowest BCUT2D eigenvalue weighted by Crippen LogP contribution is -2.38. The van der Waals surface area contributed by atoms with Crippen LogP contribution in [0.15, 0.2) is 24.3 Å². The van der Waals surface area contributed by atoms with Crippen molar-refractivity contribution < 1.29 is 22.8 Å².